The van der Waals surface area contributed by atoms with Crippen LogP contribution in [-0.2, 0) is 10.2 Å². The van der Waals surface area contributed by atoms with Gasteiger partial charge in [-0.3, -0.25) is 14.2 Å². The second-order valence-corrected chi connectivity index (χ2v) is 13.1. The molecule has 0 atom stereocenters. The number of likely N-dealkylation sites (tertiary alicyclic amines) is 2. The zero-order valence-electron chi connectivity index (χ0n) is 23.7. The summed E-state index contributed by atoms with van der Waals surface area (Å²) in [7, 11) is 0. The molecule has 2 saturated heterocycles. The highest BCUT2D eigenvalue weighted by atomic mass is 35.5. The third-order valence-electron chi connectivity index (χ3n) is 10.5. The first-order valence-electron chi connectivity index (χ1n) is 15.5. The molecule has 7 nitrogen and oxygen atoms in total. The second kappa shape index (κ2) is 10.8. The van der Waals surface area contributed by atoms with Crippen molar-refractivity contribution in [3.63, 3.8) is 0 Å². The normalized spacial score (nSPS) is 21.8. The maximum Gasteiger partial charge on any atom is 0.304 e. The smallest absolute Gasteiger partial charge is 0.304 e. The van der Waals surface area contributed by atoms with Crippen LogP contribution < -0.4 is 5.56 Å². The summed E-state index contributed by atoms with van der Waals surface area (Å²) in [6.07, 6.45) is 10.4. The van der Waals surface area contributed by atoms with Crippen LogP contribution in [0.15, 0.2) is 41.2 Å². The predicted molar refractivity (Wildman–Crippen MR) is 161 cm³/mol. The lowest BCUT2D eigenvalue weighted by atomic mass is 9.69. The lowest BCUT2D eigenvalue weighted by Gasteiger charge is -2.42. The van der Waals surface area contributed by atoms with E-state index in [0.29, 0.717) is 28.9 Å². The molecule has 3 fully saturated rings. The summed E-state index contributed by atoms with van der Waals surface area (Å²) in [5.74, 6) is 0.717. The number of rotatable bonds is 5. The molecule has 0 radical (unpaired) electrons. The van der Waals surface area contributed by atoms with Crippen LogP contribution in [0.25, 0.3) is 16.6 Å². The molecule has 1 aromatic heterocycles. The predicted octanol–water partition coefficient (Wildman–Crippen LogP) is 5.72. The van der Waals surface area contributed by atoms with E-state index in [1.165, 1.54) is 23.2 Å². The molecule has 7 rings (SSSR count). The Morgan fingerprint density at radius 1 is 1.00 bits per heavy atom. The van der Waals surface area contributed by atoms with Crippen molar-refractivity contribution < 1.29 is 9.90 Å². The zero-order valence-corrected chi connectivity index (χ0v) is 24.4. The molecule has 0 unspecified atom stereocenters. The number of hydrogen-bond acceptors (Lipinski definition) is 5. The minimum atomic E-state index is -0.708. The second-order valence-electron chi connectivity index (χ2n) is 12.7. The summed E-state index contributed by atoms with van der Waals surface area (Å²) in [5.41, 5.74) is 4.37. The standard InChI is InChI=1S/C33H39ClN4O3/c34-26-5-4-6-27-30(26)31(41)35-32-33(14-2-1-3-15-33)25-8-7-23(21-28(25)38(27)32)22-9-19-37(20-10-22)24-11-16-36(17-12-24)18-13-29(39)40/h4-8,21-22,24H,1-3,9-20H2,(H,39,40). The van der Waals surface area contributed by atoms with Crippen LogP contribution in [0.5, 0.6) is 0 Å². The van der Waals surface area contributed by atoms with E-state index in [1.807, 2.05) is 12.1 Å². The molecule has 2 aromatic carbocycles. The maximum atomic E-state index is 13.2. The fourth-order valence-electron chi connectivity index (χ4n) is 8.31. The number of aromatic nitrogens is 2. The van der Waals surface area contributed by atoms with Gasteiger partial charge in [-0.1, -0.05) is 49.1 Å². The number of hydrogen-bond donors (Lipinski definition) is 1. The average molecular weight is 575 g/mol. The van der Waals surface area contributed by atoms with Gasteiger partial charge in [0.05, 0.1) is 33.4 Å². The fraction of sp³-hybridized carbons (Fsp3) is 0.545. The molecule has 1 spiro atoms. The topological polar surface area (TPSA) is 78.7 Å². The molecule has 41 heavy (non-hydrogen) atoms. The van der Waals surface area contributed by atoms with E-state index >= 15 is 0 Å². The summed E-state index contributed by atoms with van der Waals surface area (Å²) >= 11 is 6.55. The van der Waals surface area contributed by atoms with Gasteiger partial charge < -0.3 is 14.9 Å². The number of benzene rings is 2. The van der Waals surface area contributed by atoms with Gasteiger partial charge in [0.25, 0.3) is 5.56 Å². The SMILES string of the molecule is O=C(O)CCN1CCC(N2CCC(c3ccc4c(c3)-n3c(nc(=O)c5c(Cl)cccc53)C43CCCCC3)CC2)CC1. The van der Waals surface area contributed by atoms with Crippen molar-refractivity contribution >= 4 is 28.5 Å². The van der Waals surface area contributed by atoms with E-state index in [0.717, 1.165) is 88.9 Å². The van der Waals surface area contributed by atoms with E-state index in [-0.39, 0.29) is 17.4 Å². The van der Waals surface area contributed by atoms with Gasteiger partial charge >= 0.3 is 5.97 Å². The molecule has 1 saturated carbocycles. The number of carboxylic acid groups (broad SMARTS) is 1. The summed E-state index contributed by atoms with van der Waals surface area (Å²) in [6, 6.07) is 13.5. The summed E-state index contributed by atoms with van der Waals surface area (Å²) < 4.78 is 2.26. The molecule has 3 aromatic rings. The molecule has 3 aliphatic heterocycles. The Bertz CT molecular complexity index is 1530. The van der Waals surface area contributed by atoms with Crippen LogP contribution in [-0.4, -0.2) is 69.2 Å². The first-order valence-corrected chi connectivity index (χ1v) is 15.9. The van der Waals surface area contributed by atoms with Gasteiger partial charge in [-0.05, 0) is 99.9 Å². The maximum absolute atomic E-state index is 13.2. The van der Waals surface area contributed by atoms with Crippen molar-refractivity contribution in [3.8, 4) is 5.69 Å². The number of carboxylic acids is 1. The van der Waals surface area contributed by atoms with Crippen molar-refractivity contribution in [2.75, 3.05) is 32.7 Å². The number of piperidine rings is 2. The van der Waals surface area contributed by atoms with Crippen LogP contribution in [0.1, 0.15) is 87.1 Å². The van der Waals surface area contributed by atoms with Crippen LogP contribution >= 0.6 is 11.6 Å². The highest BCUT2D eigenvalue weighted by Gasteiger charge is 2.46. The van der Waals surface area contributed by atoms with Gasteiger partial charge in [0, 0.05) is 12.6 Å². The van der Waals surface area contributed by atoms with E-state index in [9.17, 15) is 9.59 Å². The summed E-state index contributed by atoms with van der Waals surface area (Å²) in [6.45, 7) is 4.87. The van der Waals surface area contributed by atoms with E-state index < -0.39 is 5.97 Å². The molecular weight excluding hydrogens is 536 g/mol. The van der Waals surface area contributed by atoms with Gasteiger partial charge in [-0.2, -0.15) is 4.98 Å². The first kappa shape index (κ1) is 27.1. The van der Waals surface area contributed by atoms with Crippen molar-refractivity contribution in [2.24, 2.45) is 0 Å². The van der Waals surface area contributed by atoms with Crippen molar-refractivity contribution in [2.45, 2.75) is 81.6 Å². The van der Waals surface area contributed by atoms with Crippen LogP contribution in [0.3, 0.4) is 0 Å². The zero-order chi connectivity index (χ0) is 28.1. The lowest BCUT2D eigenvalue weighted by Crippen LogP contribution is -2.47. The van der Waals surface area contributed by atoms with Gasteiger partial charge in [-0.15, -0.1) is 0 Å². The Morgan fingerprint density at radius 2 is 1.76 bits per heavy atom. The molecule has 8 heteroatoms. The average Bonchev–Trinajstić information content (AvgIpc) is 3.25. The van der Waals surface area contributed by atoms with Crippen molar-refractivity contribution in [1.82, 2.24) is 19.4 Å². The number of carbonyl (C=O) groups is 1. The fourth-order valence-corrected chi connectivity index (χ4v) is 8.56. The van der Waals surface area contributed by atoms with Crippen molar-refractivity contribution in [1.29, 1.82) is 0 Å². The Balaban J connectivity index is 1.14. The number of nitrogens with zero attached hydrogens (tertiary/aromatic N) is 4. The quantitative estimate of drug-likeness (QED) is 0.420. The van der Waals surface area contributed by atoms with Crippen LogP contribution in [0.4, 0.5) is 0 Å². The Hall–Kier alpha value is -2.74. The molecule has 4 heterocycles. The minimum absolute atomic E-state index is 0.190. The van der Waals surface area contributed by atoms with Crippen molar-refractivity contribution in [3.05, 3.63) is 68.7 Å². The Morgan fingerprint density at radius 3 is 2.49 bits per heavy atom. The summed E-state index contributed by atoms with van der Waals surface area (Å²) in [4.78, 5) is 33.9. The first-order chi connectivity index (χ1) is 19.9. The van der Waals surface area contributed by atoms with Crippen LogP contribution in [0, 0.1) is 0 Å². The molecule has 0 amide bonds. The molecule has 1 N–H and O–H groups in total. The lowest BCUT2D eigenvalue weighted by molar-refractivity contribution is -0.137. The molecule has 216 valence electrons. The van der Waals surface area contributed by atoms with Gasteiger partial charge in [0.15, 0.2) is 0 Å². The Kier molecular flexibility index (Phi) is 7.16. The third kappa shape index (κ3) is 4.70. The van der Waals surface area contributed by atoms with Crippen LogP contribution in [0.2, 0.25) is 5.02 Å². The highest BCUT2D eigenvalue weighted by Crippen LogP contribution is 2.52. The largest absolute Gasteiger partial charge is 0.481 e. The van der Waals surface area contributed by atoms with Gasteiger partial charge in [-0.25, -0.2) is 0 Å². The van der Waals surface area contributed by atoms with E-state index in [4.69, 9.17) is 21.7 Å². The monoisotopic (exact) mass is 574 g/mol. The Labute approximate surface area is 246 Å². The number of halogens is 1. The number of aliphatic carboxylic acids is 1. The highest BCUT2D eigenvalue weighted by molar-refractivity contribution is 6.35. The third-order valence-corrected chi connectivity index (χ3v) is 10.8. The molecule has 0 bridgehead atoms. The van der Waals surface area contributed by atoms with E-state index in [2.05, 4.69) is 32.6 Å². The van der Waals surface area contributed by atoms with Gasteiger partial charge in [0.1, 0.15) is 5.82 Å². The minimum Gasteiger partial charge on any atom is -0.481 e. The molecule has 1 aliphatic carbocycles. The van der Waals surface area contributed by atoms with Gasteiger partial charge in [0.2, 0.25) is 0 Å². The van der Waals surface area contributed by atoms with E-state index in [1.54, 1.807) is 6.07 Å². The summed E-state index contributed by atoms with van der Waals surface area (Å²) in [5, 5.41) is 9.98. The molecule has 4 aliphatic rings. The molecular formula is C33H39ClN4O3. The number of fused-ring (bicyclic) bond motifs is 7.